The summed E-state index contributed by atoms with van der Waals surface area (Å²) in [6.07, 6.45) is 7.78. The van der Waals surface area contributed by atoms with E-state index in [4.69, 9.17) is 5.11 Å². The third kappa shape index (κ3) is 1.62. The van der Waals surface area contributed by atoms with E-state index in [1.165, 1.54) is 19.3 Å². The molecule has 96 valence electrons. The topological polar surface area (TPSA) is 20.2 Å². The summed E-state index contributed by atoms with van der Waals surface area (Å²) in [5.74, 6) is 5.26. The third-order valence-corrected chi connectivity index (χ3v) is 6.49. The number of hydrogen-bond acceptors (Lipinski definition) is 1. The van der Waals surface area contributed by atoms with Crippen LogP contribution in [0.4, 0.5) is 0 Å². The molecule has 0 aromatic carbocycles. The fourth-order valence-corrected chi connectivity index (χ4v) is 5.11. The first-order valence-electron chi connectivity index (χ1n) is 7.34. The average molecular weight is 234 g/mol. The molecule has 0 aromatic heterocycles. The Morgan fingerprint density at radius 2 is 2.00 bits per heavy atom. The molecule has 0 aromatic rings. The van der Waals surface area contributed by atoms with Crippen LogP contribution in [0.25, 0.3) is 0 Å². The molecular formula is C16H26O. The highest BCUT2D eigenvalue weighted by Crippen LogP contribution is 2.74. The minimum atomic E-state index is 0.225. The van der Waals surface area contributed by atoms with Gasteiger partial charge < -0.3 is 5.11 Å². The Kier molecular flexibility index (Phi) is 2.66. The van der Waals surface area contributed by atoms with Crippen molar-refractivity contribution in [2.24, 2.45) is 35.0 Å². The molecule has 0 heterocycles. The highest BCUT2D eigenvalue weighted by molar-refractivity contribution is 5.17. The van der Waals surface area contributed by atoms with E-state index in [0.717, 1.165) is 41.6 Å². The highest BCUT2D eigenvalue weighted by atomic mass is 16.3. The van der Waals surface area contributed by atoms with Crippen LogP contribution < -0.4 is 0 Å². The summed E-state index contributed by atoms with van der Waals surface area (Å²) in [7, 11) is 0. The zero-order chi connectivity index (χ0) is 12.2. The quantitative estimate of drug-likeness (QED) is 0.736. The molecule has 1 N–H and O–H groups in total. The van der Waals surface area contributed by atoms with Crippen molar-refractivity contribution in [1.29, 1.82) is 0 Å². The van der Waals surface area contributed by atoms with Crippen LogP contribution in [0.2, 0.25) is 0 Å². The van der Waals surface area contributed by atoms with Crippen molar-refractivity contribution >= 4 is 0 Å². The van der Waals surface area contributed by atoms with Crippen LogP contribution in [0.15, 0.2) is 11.6 Å². The van der Waals surface area contributed by atoms with Gasteiger partial charge in [0.2, 0.25) is 0 Å². The molecule has 4 aliphatic rings. The number of fused-ring (bicyclic) bond motifs is 1. The normalized spacial score (nSPS) is 51.8. The van der Waals surface area contributed by atoms with Gasteiger partial charge in [-0.25, -0.2) is 0 Å². The second kappa shape index (κ2) is 3.85. The van der Waals surface area contributed by atoms with E-state index in [-0.39, 0.29) is 6.61 Å². The van der Waals surface area contributed by atoms with E-state index in [0.29, 0.717) is 5.41 Å². The molecule has 6 atom stereocenters. The van der Waals surface area contributed by atoms with Crippen molar-refractivity contribution in [1.82, 2.24) is 0 Å². The molecule has 17 heavy (non-hydrogen) atoms. The maximum absolute atomic E-state index is 9.03. The van der Waals surface area contributed by atoms with Gasteiger partial charge in [-0.3, -0.25) is 0 Å². The molecule has 4 unspecified atom stereocenters. The average Bonchev–Trinajstić information content (AvgIpc) is 2.82. The molecule has 0 amide bonds. The number of hydrogen-bond donors (Lipinski definition) is 1. The lowest BCUT2D eigenvalue weighted by molar-refractivity contribution is 0.0137. The molecule has 0 aliphatic heterocycles. The van der Waals surface area contributed by atoms with Crippen molar-refractivity contribution in [2.75, 3.05) is 6.61 Å². The maximum atomic E-state index is 9.03. The lowest BCUT2D eigenvalue weighted by Gasteiger charge is -2.48. The van der Waals surface area contributed by atoms with E-state index < -0.39 is 0 Å². The van der Waals surface area contributed by atoms with Crippen LogP contribution in [0, 0.1) is 35.0 Å². The largest absolute Gasteiger partial charge is 0.392 e. The Labute approximate surface area is 105 Å². The van der Waals surface area contributed by atoms with Gasteiger partial charge in [0, 0.05) is 0 Å². The highest BCUT2D eigenvalue weighted by Gasteiger charge is 2.68. The van der Waals surface area contributed by atoms with E-state index in [1.54, 1.807) is 0 Å². The first-order valence-corrected chi connectivity index (χ1v) is 7.34. The van der Waals surface area contributed by atoms with Crippen molar-refractivity contribution in [2.45, 2.75) is 46.5 Å². The molecule has 1 nitrogen and oxygen atoms in total. The van der Waals surface area contributed by atoms with E-state index >= 15 is 0 Å². The molecule has 4 aliphatic carbocycles. The van der Waals surface area contributed by atoms with Crippen LogP contribution in [0.3, 0.4) is 0 Å². The summed E-state index contributed by atoms with van der Waals surface area (Å²) in [5.41, 5.74) is 1.72. The van der Waals surface area contributed by atoms with Gasteiger partial charge in [0.25, 0.3) is 0 Å². The Hall–Kier alpha value is -0.300. The van der Waals surface area contributed by atoms with Gasteiger partial charge in [-0.2, -0.15) is 0 Å². The Morgan fingerprint density at radius 1 is 1.35 bits per heavy atom. The van der Waals surface area contributed by atoms with Crippen molar-refractivity contribution in [3.05, 3.63) is 11.6 Å². The molecular weight excluding hydrogens is 208 g/mol. The standard InChI is InChI=1S/C16H26O/c1-10(9-17)5-4-6-16(3)11(2)15-13-7-12(16)8-14(13)15/h5,11-15,17H,4,6-9H2,1-3H3/b10-5+/t11?,12?,13-,14?,15-,16?/m0/s1. The smallest absolute Gasteiger partial charge is 0.0639 e. The molecule has 1 heteroatoms. The van der Waals surface area contributed by atoms with Crippen LogP contribution >= 0.6 is 0 Å². The fraction of sp³-hybridized carbons (Fsp3) is 0.875. The maximum Gasteiger partial charge on any atom is 0.0639 e. The van der Waals surface area contributed by atoms with Crippen molar-refractivity contribution in [3.63, 3.8) is 0 Å². The van der Waals surface area contributed by atoms with Crippen LogP contribution in [-0.2, 0) is 0 Å². The van der Waals surface area contributed by atoms with Gasteiger partial charge in [0.15, 0.2) is 0 Å². The molecule has 4 saturated carbocycles. The summed E-state index contributed by atoms with van der Waals surface area (Å²) in [6.45, 7) is 7.30. The summed E-state index contributed by atoms with van der Waals surface area (Å²) in [6, 6.07) is 0. The zero-order valence-electron chi connectivity index (χ0n) is 11.4. The van der Waals surface area contributed by atoms with Crippen LogP contribution in [-0.4, -0.2) is 11.7 Å². The molecule has 0 saturated heterocycles. The Balaban J connectivity index is 1.65. The monoisotopic (exact) mass is 234 g/mol. The lowest BCUT2D eigenvalue weighted by atomic mass is 9.57. The Bertz CT molecular complexity index is 329. The number of rotatable bonds is 4. The first kappa shape index (κ1) is 11.8. The Morgan fingerprint density at radius 3 is 2.53 bits per heavy atom. The predicted octanol–water partition coefficient (Wildman–Crippen LogP) is 3.63. The first-order chi connectivity index (χ1) is 8.08. The van der Waals surface area contributed by atoms with E-state index in [9.17, 15) is 0 Å². The van der Waals surface area contributed by atoms with Crippen LogP contribution in [0.1, 0.15) is 46.5 Å². The van der Waals surface area contributed by atoms with Gasteiger partial charge in [0.05, 0.1) is 6.61 Å². The van der Waals surface area contributed by atoms with Gasteiger partial charge >= 0.3 is 0 Å². The number of aliphatic hydroxyl groups excluding tert-OH is 1. The van der Waals surface area contributed by atoms with E-state index in [2.05, 4.69) is 19.9 Å². The number of allylic oxidation sites excluding steroid dienone is 1. The van der Waals surface area contributed by atoms with Crippen molar-refractivity contribution < 1.29 is 5.11 Å². The minimum Gasteiger partial charge on any atom is -0.392 e. The molecule has 4 bridgehead atoms. The number of aliphatic hydroxyl groups is 1. The summed E-state index contributed by atoms with van der Waals surface area (Å²) in [4.78, 5) is 0. The zero-order valence-corrected chi connectivity index (χ0v) is 11.4. The third-order valence-electron chi connectivity index (χ3n) is 6.49. The van der Waals surface area contributed by atoms with Gasteiger partial charge in [-0.15, -0.1) is 0 Å². The SMILES string of the molecule is C/C(=C\CCC1(C)C2CC3[C@@H](C1C)[C@H]3C2)CO. The second-order valence-corrected chi connectivity index (χ2v) is 7.12. The van der Waals surface area contributed by atoms with Crippen molar-refractivity contribution in [3.8, 4) is 0 Å². The molecule has 0 radical (unpaired) electrons. The molecule has 0 spiro atoms. The van der Waals surface area contributed by atoms with Gasteiger partial charge in [-0.05, 0) is 67.6 Å². The summed E-state index contributed by atoms with van der Waals surface area (Å²) < 4.78 is 0. The second-order valence-electron chi connectivity index (χ2n) is 7.12. The predicted molar refractivity (Wildman–Crippen MR) is 70.5 cm³/mol. The van der Waals surface area contributed by atoms with Crippen LogP contribution in [0.5, 0.6) is 0 Å². The van der Waals surface area contributed by atoms with Gasteiger partial charge in [-0.1, -0.05) is 25.5 Å². The molecule has 4 fully saturated rings. The van der Waals surface area contributed by atoms with E-state index in [1.807, 2.05) is 6.92 Å². The molecule has 4 rings (SSSR count). The fourth-order valence-electron chi connectivity index (χ4n) is 5.11. The summed E-state index contributed by atoms with van der Waals surface area (Å²) >= 11 is 0. The lowest BCUT2D eigenvalue weighted by Crippen LogP contribution is -2.40. The minimum absolute atomic E-state index is 0.225. The van der Waals surface area contributed by atoms with Gasteiger partial charge in [0.1, 0.15) is 0 Å². The summed E-state index contributed by atoms with van der Waals surface area (Å²) in [5, 5.41) is 9.03.